The molecule has 0 aliphatic carbocycles. The summed E-state index contributed by atoms with van der Waals surface area (Å²) in [5, 5.41) is 0. The van der Waals surface area contributed by atoms with Gasteiger partial charge in [-0.25, -0.2) is 0 Å². The molecule has 0 bridgehead atoms. The largest absolute Gasteiger partial charge is 0.304 e. The summed E-state index contributed by atoms with van der Waals surface area (Å²) in [6, 6.07) is 8.52. The number of thiophene rings is 1. The predicted molar refractivity (Wildman–Crippen MR) is 62.1 cm³/mol. The van der Waals surface area contributed by atoms with Crippen LogP contribution in [0.5, 0.6) is 0 Å². The van der Waals surface area contributed by atoms with Crippen molar-refractivity contribution in [1.29, 1.82) is 0 Å². The maximum atomic E-state index is 10.9. The van der Waals surface area contributed by atoms with Crippen LogP contribution in [0.15, 0.2) is 34.5 Å². The lowest BCUT2D eigenvalue weighted by Gasteiger charge is -1.97. The maximum absolute atomic E-state index is 10.9. The Kier molecular flexibility index (Phi) is 2.79. The van der Waals surface area contributed by atoms with Gasteiger partial charge in [0.15, 0.2) is 0 Å². The van der Waals surface area contributed by atoms with Crippen molar-refractivity contribution in [3.8, 4) is 10.6 Å². The topological polar surface area (TPSA) is 67.3 Å². The van der Waals surface area contributed by atoms with E-state index >= 15 is 0 Å². The van der Waals surface area contributed by atoms with Crippen LogP contribution in [0, 0.1) is 6.92 Å². The van der Waals surface area contributed by atoms with E-state index < -0.39 is 10.1 Å². The van der Waals surface area contributed by atoms with Gasteiger partial charge in [-0.2, -0.15) is 8.42 Å². The zero-order valence-corrected chi connectivity index (χ0v) is 10.0. The van der Waals surface area contributed by atoms with Crippen molar-refractivity contribution in [2.24, 2.45) is 0 Å². The number of hydrogen-bond acceptors (Lipinski definition) is 4. The fraction of sp³-hybridized carbons (Fsp3) is 0.100. The minimum Gasteiger partial charge on any atom is -0.281 e. The predicted octanol–water partition coefficient (Wildman–Crippen LogP) is 2.37. The van der Waals surface area contributed by atoms with Crippen LogP contribution in [0.2, 0.25) is 0 Å². The molecule has 0 aromatic carbocycles. The van der Waals surface area contributed by atoms with Crippen molar-refractivity contribution >= 4 is 21.5 Å². The molecule has 0 saturated heterocycles. The first kappa shape index (κ1) is 11.3. The van der Waals surface area contributed by atoms with E-state index in [0.29, 0.717) is 5.69 Å². The lowest BCUT2D eigenvalue weighted by Crippen LogP contribution is -1.93. The normalized spacial score (nSPS) is 11.6. The van der Waals surface area contributed by atoms with E-state index in [2.05, 4.69) is 4.98 Å². The van der Waals surface area contributed by atoms with E-state index in [1.807, 2.05) is 19.1 Å². The Bertz CT molecular complexity index is 616. The van der Waals surface area contributed by atoms with Crippen LogP contribution >= 0.6 is 11.3 Å². The highest BCUT2D eigenvalue weighted by Crippen LogP contribution is 2.29. The smallest absolute Gasteiger partial charge is 0.281 e. The third-order valence-corrected chi connectivity index (χ3v) is 4.41. The molecule has 0 amide bonds. The number of aromatic nitrogens is 1. The van der Waals surface area contributed by atoms with Gasteiger partial charge in [-0.3, -0.25) is 9.54 Å². The van der Waals surface area contributed by atoms with Gasteiger partial charge < -0.3 is 0 Å². The molecule has 2 rings (SSSR count). The standard InChI is InChI=1S/C10H9NO3S2/c1-7-3-2-4-8(11-7)9-5-6-10(15-9)16(12,13)14/h2-6H,1H3,(H,12,13,14). The van der Waals surface area contributed by atoms with Gasteiger partial charge in [-0.1, -0.05) is 6.07 Å². The molecule has 2 aromatic rings. The van der Waals surface area contributed by atoms with Gasteiger partial charge in [-0.05, 0) is 31.2 Å². The summed E-state index contributed by atoms with van der Waals surface area (Å²) in [6.07, 6.45) is 0. The highest BCUT2D eigenvalue weighted by atomic mass is 32.3. The van der Waals surface area contributed by atoms with Gasteiger partial charge in [0, 0.05) is 5.69 Å². The first-order valence-electron chi connectivity index (χ1n) is 4.48. The Morgan fingerprint density at radius 3 is 2.56 bits per heavy atom. The molecule has 1 N–H and O–H groups in total. The molecule has 0 aliphatic heterocycles. The van der Waals surface area contributed by atoms with Crippen LogP contribution in [0.3, 0.4) is 0 Å². The summed E-state index contributed by atoms with van der Waals surface area (Å²) < 4.78 is 30.6. The SMILES string of the molecule is Cc1cccc(-c2ccc(S(=O)(=O)O)s2)n1. The number of aryl methyl sites for hydroxylation is 1. The Labute approximate surface area is 97.3 Å². The van der Waals surface area contributed by atoms with Crippen LogP contribution in [-0.2, 0) is 10.1 Å². The summed E-state index contributed by atoms with van der Waals surface area (Å²) in [6.45, 7) is 1.86. The second-order valence-corrected chi connectivity index (χ2v) is 5.99. The van der Waals surface area contributed by atoms with Crippen LogP contribution < -0.4 is 0 Å². The summed E-state index contributed by atoms with van der Waals surface area (Å²) in [7, 11) is -4.11. The van der Waals surface area contributed by atoms with Gasteiger partial charge in [-0.15, -0.1) is 11.3 Å². The zero-order chi connectivity index (χ0) is 11.8. The maximum Gasteiger partial charge on any atom is 0.304 e. The summed E-state index contributed by atoms with van der Waals surface area (Å²) >= 11 is 1.00. The second kappa shape index (κ2) is 3.97. The van der Waals surface area contributed by atoms with Crippen molar-refractivity contribution in [2.75, 3.05) is 0 Å². The number of rotatable bonds is 2. The molecule has 2 aromatic heterocycles. The van der Waals surface area contributed by atoms with Crippen molar-refractivity contribution in [3.63, 3.8) is 0 Å². The van der Waals surface area contributed by atoms with Crippen LogP contribution in [-0.4, -0.2) is 18.0 Å². The van der Waals surface area contributed by atoms with E-state index in [9.17, 15) is 8.42 Å². The van der Waals surface area contributed by atoms with Crippen molar-refractivity contribution in [1.82, 2.24) is 4.98 Å². The van der Waals surface area contributed by atoms with E-state index in [-0.39, 0.29) is 4.21 Å². The molecule has 2 heterocycles. The number of hydrogen-bond donors (Lipinski definition) is 1. The Balaban J connectivity index is 2.47. The summed E-state index contributed by atoms with van der Waals surface area (Å²) in [5.74, 6) is 0. The molecule has 0 radical (unpaired) electrons. The molecule has 0 atom stereocenters. The third-order valence-electron chi connectivity index (χ3n) is 1.98. The van der Waals surface area contributed by atoms with E-state index in [4.69, 9.17) is 4.55 Å². The van der Waals surface area contributed by atoms with Crippen LogP contribution in [0.25, 0.3) is 10.6 Å². The van der Waals surface area contributed by atoms with Crippen molar-refractivity contribution in [3.05, 3.63) is 36.0 Å². The van der Waals surface area contributed by atoms with Gasteiger partial charge in [0.1, 0.15) is 4.21 Å². The molecule has 16 heavy (non-hydrogen) atoms. The van der Waals surface area contributed by atoms with Gasteiger partial charge >= 0.3 is 10.1 Å². The molecule has 0 saturated carbocycles. The third kappa shape index (κ3) is 2.29. The first-order chi connectivity index (χ1) is 7.47. The van der Waals surface area contributed by atoms with Crippen LogP contribution in [0.4, 0.5) is 0 Å². The monoisotopic (exact) mass is 255 g/mol. The lowest BCUT2D eigenvalue weighted by molar-refractivity contribution is 0.485. The molecule has 4 nitrogen and oxygen atoms in total. The molecule has 6 heteroatoms. The first-order valence-corrected chi connectivity index (χ1v) is 6.74. The summed E-state index contributed by atoms with van der Waals surface area (Å²) in [4.78, 5) is 4.99. The molecular weight excluding hydrogens is 246 g/mol. The summed E-state index contributed by atoms with van der Waals surface area (Å²) in [5.41, 5.74) is 1.57. The molecular formula is C10H9NO3S2. The van der Waals surface area contributed by atoms with Crippen molar-refractivity contribution in [2.45, 2.75) is 11.1 Å². The average molecular weight is 255 g/mol. The molecule has 0 unspecified atom stereocenters. The quantitative estimate of drug-likeness (QED) is 0.836. The lowest BCUT2D eigenvalue weighted by atomic mass is 10.3. The molecule has 0 aliphatic rings. The Hall–Kier alpha value is -1.24. The zero-order valence-electron chi connectivity index (χ0n) is 8.41. The van der Waals surface area contributed by atoms with E-state index in [1.165, 1.54) is 6.07 Å². The van der Waals surface area contributed by atoms with Gasteiger partial charge in [0.05, 0.1) is 10.6 Å². The van der Waals surface area contributed by atoms with Crippen LogP contribution in [0.1, 0.15) is 5.69 Å². The highest BCUT2D eigenvalue weighted by molar-refractivity contribution is 7.88. The van der Waals surface area contributed by atoms with E-state index in [0.717, 1.165) is 21.9 Å². The number of pyridine rings is 1. The van der Waals surface area contributed by atoms with E-state index in [1.54, 1.807) is 12.1 Å². The second-order valence-electron chi connectivity index (χ2n) is 3.26. The fourth-order valence-corrected chi connectivity index (χ4v) is 2.91. The van der Waals surface area contributed by atoms with Crippen molar-refractivity contribution < 1.29 is 13.0 Å². The average Bonchev–Trinajstić information content (AvgIpc) is 2.65. The highest BCUT2D eigenvalue weighted by Gasteiger charge is 2.13. The minimum absolute atomic E-state index is 0.0641. The fourth-order valence-electron chi connectivity index (χ4n) is 1.28. The Morgan fingerprint density at radius 1 is 1.25 bits per heavy atom. The van der Waals surface area contributed by atoms with Gasteiger partial charge in [0.25, 0.3) is 0 Å². The molecule has 0 fully saturated rings. The number of nitrogens with zero attached hydrogens (tertiary/aromatic N) is 1. The van der Waals surface area contributed by atoms with Gasteiger partial charge in [0.2, 0.25) is 0 Å². The Morgan fingerprint density at radius 2 is 2.00 bits per heavy atom. The minimum atomic E-state index is -4.11. The molecule has 84 valence electrons. The molecule has 0 spiro atoms.